The molecular weight excluding hydrogens is 288 g/mol. The zero-order valence-electron chi connectivity index (χ0n) is 13.1. The predicted octanol–water partition coefficient (Wildman–Crippen LogP) is 2.50. The number of hydrogen-bond acceptors (Lipinski definition) is 6. The highest BCUT2D eigenvalue weighted by molar-refractivity contribution is 5.67. The van der Waals surface area contributed by atoms with Gasteiger partial charge in [-0.05, 0) is 18.6 Å². The summed E-state index contributed by atoms with van der Waals surface area (Å²) in [5, 5.41) is 15.5. The average molecular weight is 306 g/mol. The first-order chi connectivity index (χ1) is 11.3. The summed E-state index contributed by atoms with van der Waals surface area (Å²) in [7, 11) is 0. The van der Waals surface area contributed by atoms with Crippen LogP contribution in [0.1, 0.15) is 36.7 Å². The fourth-order valence-electron chi connectivity index (χ4n) is 2.75. The minimum Gasteiger partial charge on any atom is -0.258 e. The van der Waals surface area contributed by atoms with Crippen molar-refractivity contribution in [2.75, 3.05) is 5.01 Å². The van der Waals surface area contributed by atoms with Crippen molar-refractivity contribution in [1.29, 1.82) is 5.26 Å². The number of nitriles is 1. The van der Waals surface area contributed by atoms with Crippen LogP contribution in [0.25, 0.3) is 0 Å². The highest BCUT2D eigenvalue weighted by atomic mass is 15.5. The van der Waals surface area contributed by atoms with Crippen molar-refractivity contribution in [1.82, 2.24) is 15.0 Å². The van der Waals surface area contributed by atoms with E-state index in [4.69, 9.17) is 0 Å². The molecule has 6 nitrogen and oxygen atoms in total. The van der Waals surface area contributed by atoms with Crippen molar-refractivity contribution in [2.45, 2.75) is 38.6 Å². The van der Waals surface area contributed by atoms with Gasteiger partial charge in [0.05, 0.1) is 23.0 Å². The Morgan fingerprint density at radius 3 is 2.83 bits per heavy atom. The lowest BCUT2D eigenvalue weighted by Gasteiger charge is -2.23. The topological polar surface area (TPSA) is 78.1 Å². The minimum atomic E-state index is 0.115. The van der Waals surface area contributed by atoms with Crippen LogP contribution in [0, 0.1) is 11.3 Å². The molecule has 0 bridgehead atoms. The SMILES string of the molecule is CCCc1nccnc1CC1CC=NN1c1ncccc1C#N. The van der Waals surface area contributed by atoms with E-state index in [1.165, 1.54) is 0 Å². The summed E-state index contributed by atoms with van der Waals surface area (Å²) in [5.41, 5.74) is 2.58. The normalized spacial score (nSPS) is 16.5. The van der Waals surface area contributed by atoms with Gasteiger partial charge in [-0.2, -0.15) is 10.4 Å². The summed E-state index contributed by atoms with van der Waals surface area (Å²) in [6.45, 7) is 2.14. The van der Waals surface area contributed by atoms with Gasteiger partial charge < -0.3 is 0 Å². The number of hydrazone groups is 1. The second kappa shape index (κ2) is 6.97. The van der Waals surface area contributed by atoms with Crippen LogP contribution in [0.15, 0.2) is 35.8 Å². The van der Waals surface area contributed by atoms with E-state index in [0.29, 0.717) is 11.4 Å². The van der Waals surface area contributed by atoms with Crippen LogP contribution in [-0.2, 0) is 12.8 Å². The number of pyridine rings is 1. The van der Waals surface area contributed by atoms with Crippen LogP contribution in [-0.4, -0.2) is 27.2 Å². The van der Waals surface area contributed by atoms with Crippen molar-refractivity contribution in [2.24, 2.45) is 5.10 Å². The van der Waals surface area contributed by atoms with Gasteiger partial charge in [0.25, 0.3) is 0 Å². The molecular formula is C17H18N6. The lowest BCUT2D eigenvalue weighted by molar-refractivity contribution is 0.631. The van der Waals surface area contributed by atoms with Gasteiger partial charge in [-0.15, -0.1) is 0 Å². The first-order valence-electron chi connectivity index (χ1n) is 7.79. The monoisotopic (exact) mass is 306 g/mol. The number of nitrogens with zero attached hydrogens (tertiary/aromatic N) is 6. The third-order valence-electron chi connectivity index (χ3n) is 3.83. The third-order valence-corrected chi connectivity index (χ3v) is 3.83. The maximum atomic E-state index is 9.28. The summed E-state index contributed by atoms with van der Waals surface area (Å²) < 4.78 is 0. The Bertz CT molecular complexity index is 749. The van der Waals surface area contributed by atoms with Crippen molar-refractivity contribution in [3.05, 3.63) is 47.7 Å². The van der Waals surface area contributed by atoms with Gasteiger partial charge in [0.15, 0.2) is 5.82 Å². The zero-order chi connectivity index (χ0) is 16.1. The highest BCUT2D eigenvalue weighted by Gasteiger charge is 2.27. The van der Waals surface area contributed by atoms with E-state index in [9.17, 15) is 5.26 Å². The number of anilines is 1. The molecule has 2 aromatic heterocycles. The molecule has 1 unspecified atom stereocenters. The number of aromatic nitrogens is 3. The fraction of sp³-hybridized carbons (Fsp3) is 0.353. The van der Waals surface area contributed by atoms with E-state index in [1.807, 2.05) is 11.2 Å². The van der Waals surface area contributed by atoms with Gasteiger partial charge in [0.1, 0.15) is 6.07 Å². The smallest absolute Gasteiger partial charge is 0.167 e. The van der Waals surface area contributed by atoms with E-state index in [-0.39, 0.29) is 6.04 Å². The zero-order valence-corrected chi connectivity index (χ0v) is 13.1. The molecule has 0 N–H and O–H groups in total. The molecule has 1 aliphatic rings. The van der Waals surface area contributed by atoms with Gasteiger partial charge in [-0.25, -0.2) is 9.99 Å². The Morgan fingerprint density at radius 1 is 1.22 bits per heavy atom. The van der Waals surface area contributed by atoms with Crippen molar-refractivity contribution < 1.29 is 0 Å². The largest absolute Gasteiger partial charge is 0.258 e. The van der Waals surface area contributed by atoms with E-state index in [2.05, 4.69) is 33.0 Å². The lowest BCUT2D eigenvalue weighted by atomic mass is 10.0. The molecule has 0 saturated heterocycles. The van der Waals surface area contributed by atoms with Gasteiger partial charge >= 0.3 is 0 Å². The minimum absolute atomic E-state index is 0.115. The van der Waals surface area contributed by atoms with Crippen LogP contribution in [0.2, 0.25) is 0 Å². The van der Waals surface area contributed by atoms with Gasteiger partial charge in [0.2, 0.25) is 0 Å². The average Bonchev–Trinajstić information content (AvgIpc) is 3.05. The summed E-state index contributed by atoms with van der Waals surface area (Å²) in [6, 6.07) is 5.82. The molecule has 0 radical (unpaired) electrons. The first kappa shape index (κ1) is 15.1. The quantitative estimate of drug-likeness (QED) is 0.848. The third kappa shape index (κ3) is 3.19. The first-order valence-corrected chi connectivity index (χ1v) is 7.79. The van der Waals surface area contributed by atoms with Gasteiger partial charge in [0, 0.05) is 37.6 Å². The summed E-state index contributed by atoms with van der Waals surface area (Å²) in [4.78, 5) is 13.3. The molecule has 3 rings (SSSR count). The van der Waals surface area contributed by atoms with E-state index in [1.54, 1.807) is 30.7 Å². The molecule has 0 fully saturated rings. The second-order valence-corrected chi connectivity index (χ2v) is 5.42. The molecule has 0 aliphatic carbocycles. The Labute approximate surface area is 135 Å². The maximum Gasteiger partial charge on any atom is 0.167 e. The molecule has 6 heteroatoms. The number of rotatable bonds is 5. The predicted molar refractivity (Wildman–Crippen MR) is 88.1 cm³/mol. The van der Waals surface area contributed by atoms with Crippen molar-refractivity contribution in [3.63, 3.8) is 0 Å². The molecule has 0 saturated carbocycles. The molecule has 1 atom stereocenters. The molecule has 0 amide bonds. The van der Waals surface area contributed by atoms with E-state index < -0.39 is 0 Å². The fourth-order valence-corrected chi connectivity index (χ4v) is 2.75. The highest BCUT2D eigenvalue weighted by Crippen LogP contribution is 2.25. The summed E-state index contributed by atoms with van der Waals surface area (Å²) in [5.74, 6) is 0.606. The van der Waals surface area contributed by atoms with E-state index in [0.717, 1.165) is 37.1 Å². The summed E-state index contributed by atoms with van der Waals surface area (Å²) >= 11 is 0. The van der Waals surface area contributed by atoms with Crippen molar-refractivity contribution >= 4 is 12.0 Å². The lowest BCUT2D eigenvalue weighted by Crippen LogP contribution is -2.30. The second-order valence-electron chi connectivity index (χ2n) is 5.42. The molecule has 2 aromatic rings. The van der Waals surface area contributed by atoms with E-state index >= 15 is 0 Å². The van der Waals surface area contributed by atoms with Crippen LogP contribution in [0.5, 0.6) is 0 Å². The molecule has 116 valence electrons. The Morgan fingerprint density at radius 2 is 2.04 bits per heavy atom. The Hall–Kier alpha value is -2.81. The molecule has 3 heterocycles. The maximum absolute atomic E-state index is 9.28. The molecule has 23 heavy (non-hydrogen) atoms. The van der Waals surface area contributed by atoms with Crippen LogP contribution < -0.4 is 5.01 Å². The number of aryl methyl sites for hydroxylation is 1. The van der Waals surface area contributed by atoms with Gasteiger partial charge in [-0.3, -0.25) is 9.97 Å². The Balaban J connectivity index is 1.85. The van der Waals surface area contributed by atoms with Crippen molar-refractivity contribution in [3.8, 4) is 6.07 Å². The molecule has 1 aliphatic heterocycles. The van der Waals surface area contributed by atoms with Crippen LogP contribution in [0.4, 0.5) is 5.82 Å². The Kier molecular flexibility index (Phi) is 4.57. The standard InChI is InChI=1S/C17H18N6/c1-2-4-15-16(20-10-9-19-15)11-14-6-8-22-23(14)17-13(12-18)5-3-7-21-17/h3,5,7-10,14H,2,4,6,11H2,1H3. The molecule has 0 aromatic carbocycles. The van der Waals surface area contributed by atoms with Gasteiger partial charge in [-0.1, -0.05) is 13.3 Å². The number of hydrogen-bond donors (Lipinski definition) is 0. The van der Waals surface area contributed by atoms with Crippen LogP contribution in [0.3, 0.4) is 0 Å². The van der Waals surface area contributed by atoms with Crippen LogP contribution >= 0.6 is 0 Å². The summed E-state index contributed by atoms with van der Waals surface area (Å²) in [6.07, 6.45) is 10.5. The molecule has 0 spiro atoms.